The normalized spacial score (nSPS) is 15.5. The van der Waals surface area contributed by atoms with E-state index in [1.807, 2.05) is 44.6 Å². The Balaban J connectivity index is 1.35. The Bertz CT molecular complexity index is 874. The number of amides is 1. The number of piperidine rings is 1. The molecule has 0 N–H and O–H groups in total. The maximum atomic E-state index is 12.7. The number of anilines is 1. The van der Waals surface area contributed by atoms with Crippen LogP contribution in [-0.2, 0) is 18.4 Å². The van der Waals surface area contributed by atoms with Crippen molar-refractivity contribution in [2.75, 3.05) is 25.0 Å². The highest BCUT2D eigenvalue weighted by Gasteiger charge is 2.29. The van der Waals surface area contributed by atoms with E-state index in [0.717, 1.165) is 42.6 Å². The monoisotopic (exact) mass is 353 g/mol. The van der Waals surface area contributed by atoms with Crippen molar-refractivity contribution in [2.24, 2.45) is 13.0 Å². The van der Waals surface area contributed by atoms with Gasteiger partial charge in [-0.05, 0) is 25.0 Å². The molecule has 136 valence electrons. The number of carbonyl (C=O) groups excluding carboxylic acids is 1. The topological polar surface area (TPSA) is 67.4 Å². The average molecular weight is 353 g/mol. The number of benzene rings is 1. The van der Waals surface area contributed by atoms with E-state index in [-0.39, 0.29) is 11.8 Å². The van der Waals surface area contributed by atoms with Crippen LogP contribution in [0.2, 0.25) is 0 Å². The molecule has 3 heterocycles. The van der Waals surface area contributed by atoms with Crippen LogP contribution in [0.15, 0.2) is 41.1 Å². The van der Waals surface area contributed by atoms with E-state index >= 15 is 0 Å². The molecule has 4 rings (SSSR count). The van der Waals surface area contributed by atoms with Gasteiger partial charge >= 0.3 is 0 Å². The molecule has 0 saturated carbocycles. The van der Waals surface area contributed by atoms with Crippen molar-refractivity contribution in [1.29, 1.82) is 0 Å². The predicted molar refractivity (Wildman–Crippen MR) is 98.6 cm³/mol. The number of para-hydroxylation sites is 2. The lowest BCUT2D eigenvalue weighted by Gasteiger charge is -2.32. The zero-order chi connectivity index (χ0) is 18.1. The molecule has 1 aromatic carbocycles. The van der Waals surface area contributed by atoms with Crippen LogP contribution in [0.3, 0.4) is 0 Å². The van der Waals surface area contributed by atoms with Gasteiger partial charge in [0, 0.05) is 51.4 Å². The van der Waals surface area contributed by atoms with Crippen LogP contribution in [0.4, 0.5) is 6.01 Å². The number of aromatic nitrogens is 3. The summed E-state index contributed by atoms with van der Waals surface area (Å²) in [5.74, 6) is 0.253. The van der Waals surface area contributed by atoms with E-state index in [1.165, 1.54) is 0 Å². The second-order valence-corrected chi connectivity index (χ2v) is 6.94. The first kappa shape index (κ1) is 16.6. The highest BCUT2D eigenvalue weighted by molar-refractivity contribution is 5.79. The minimum absolute atomic E-state index is 0.0531. The first-order valence-corrected chi connectivity index (χ1v) is 8.93. The van der Waals surface area contributed by atoms with Gasteiger partial charge in [0.05, 0.1) is 6.20 Å². The van der Waals surface area contributed by atoms with Crippen LogP contribution in [-0.4, -0.2) is 45.7 Å². The first-order chi connectivity index (χ1) is 12.6. The molecular weight excluding hydrogens is 330 g/mol. The number of aryl methyl sites for hydroxylation is 1. The molecule has 0 radical (unpaired) electrons. The summed E-state index contributed by atoms with van der Waals surface area (Å²) < 4.78 is 7.60. The first-order valence-electron chi connectivity index (χ1n) is 8.93. The summed E-state index contributed by atoms with van der Waals surface area (Å²) in [6.07, 6.45) is 5.38. The van der Waals surface area contributed by atoms with E-state index in [0.29, 0.717) is 12.6 Å². The lowest BCUT2D eigenvalue weighted by Crippen LogP contribution is -2.41. The van der Waals surface area contributed by atoms with Gasteiger partial charge in [-0.1, -0.05) is 12.1 Å². The van der Waals surface area contributed by atoms with E-state index < -0.39 is 0 Å². The smallest absolute Gasteiger partial charge is 0.298 e. The van der Waals surface area contributed by atoms with Gasteiger partial charge in [0.2, 0.25) is 5.91 Å². The SMILES string of the molecule is CN(Cc1cnn(C)c1)C(=O)C1CCN(c2nc3ccccc3o2)CC1. The number of rotatable bonds is 4. The van der Waals surface area contributed by atoms with Crippen molar-refractivity contribution in [2.45, 2.75) is 19.4 Å². The van der Waals surface area contributed by atoms with Crippen molar-refractivity contribution in [3.63, 3.8) is 0 Å². The molecule has 0 aliphatic carbocycles. The van der Waals surface area contributed by atoms with E-state index in [9.17, 15) is 4.79 Å². The van der Waals surface area contributed by atoms with Crippen LogP contribution in [0.1, 0.15) is 18.4 Å². The second kappa shape index (κ2) is 6.82. The third-order valence-corrected chi connectivity index (χ3v) is 4.95. The van der Waals surface area contributed by atoms with Crippen LogP contribution in [0.5, 0.6) is 0 Å². The molecule has 0 bridgehead atoms. The molecule has 7 nitrogen and oxygen atoms in total. The van der Waals surface area contributed by atoms with Gasteiger partial charge in [-0.15, -0.1) is 0 Å². The minimum atomic E-state index is 0.0531. The van der Waals surface area contributed by atoms with Crippen LogP contribution in [0.25, 0.3) is 11.1 Å². The Morgan fingerprint density at radius 1 is 1.31 bits per heavy atom. The second-order valence-electron chi connectivity index (χ2n) is 6.94. The summed E-state index contributed by atoms with van der Waals surface area (Å²) in [6, 6.07) is 8.43. The molecule has 1 aliphatic rings. The standard InChI is InChI=1S/C19H23N5O2/c1-22(12-14-11-20-23(2)13-14)18(25)15-7-9-24(10-8-15)19-21-16-5-3-4-6-17(16)26-19/h3-6,11,13,15H,7-10,12H2,1-2H3. The van der Waals surface area contributed by atoms with Crippen LogP contribution in [0, 0.1) is 5.92 Å². The molecule has 1 saturated heterocycles. The molecule has 7 heteroatoms. The van der Waals surface area contributed by atoms with Crippen molar-refractivity contribution < 1.29 is 9.21 Å². The molecule has 1 aliphatic heterocycles. The van der Waals surface area contributed by atoms with Crippen LogP contribution >= 0.6 is 0 Å². The summed E-state index contributed by atoms with van der Waals surface area (Å²) in [5.41, 5.74) is 2.72. The molecule has 3 aromatic rings. The highest BCUT2D eigenvalue weighted by Crippen LogP contribution is 2.27. The Morgan fingerprint density at radius 2 is 2.08 bits per heavy atom. The quantitative estimate of drug-likeness (QED) is 0.721. The third kappa shape index (κ3) is 3.29. The van der Waals surface area contributed by atoms with Crippen molar-refractivity contribution in [1.82, 2.24) is 19.7 Å². The fourth-order valence-corrected chi connectivity index (χ4v) is 3.53. The number of hydrogen-bond donors (Lipinski definition) is 0. The predicted octanol–water partition coefficient (Wildman–Crippen LogP) is 2.44. The van der Waals surface area contributed by atoms with Crippen molar-refractivity contribution >= 4 is 23.0 Å². The number of nitrogens with zero attached hydrogens (tertiary/aromatic N) is 5. The molecule has 0 spiro atoms. The molecule has 2 aromatic heterocycles. The van der Waals surface area contributed by atoms with Gasteiger partial charge in [-0.25, -0.2) is 0 Å². The zero-order valence-electron chi connectivity index (χ0n) is 15.1. The number of oxazole rings is 1. The number of carbonyl (C=O) groups is 1. The van der Waals surface area contributed by atoms with Gasteiger partial charge in [0.1, 0.15) is 5.52 Å². The Hall–Kier alpha value is -2.83. The van der Waals surface area contributed by atoms with Gasteiger partial charge in [0.25, 0.3) is 6.01 Å². The third-order valence-electron chi connectivity index (χ3n) is 4.95. The Kier molecular flexibility index (Phi) is 4.36. The lowest BCUT2D eigenvalue weighted by atomic mass is 9.95. The lowest BCUT2D eigenvalue weighted by molar-refractivity contribution is -0.135. The zero-order valence-corrected chi connectivity index (χ0v) is 15.1. The summed E-state index contributed by atoms with van der Waals surface area (Å²) in [6.45, 7) is 2.16. The van der Waals surface area contributed by atoms with Crippen molar-refractivity contribution in [3.8, 4) is 0 Å². The summed E-state index contributed by atoms with van der Waals surface area (Å²) in [4.78, 5) is 21.2. The van der Waals surface area contributed by atoms with Gasteiger partial charge in [0.15, 0.2) is 5.58 Å². The summed E-state index contributed by atoms with van der Waals surface area (Å²) in [5, 5.41) is 4.16. The van der Waals surface area contributed by atoms with Crippen LogP contribution < -0.4 is 4.90 Å². The minimum Gasteiger partial charge on any atom is -0.423 e. The fraction of sp³-hybridized carbons (Fsp3) is 0.421. The van der Waals surface area contributed by atoms with Gasteiger partial charge in [-0.2, -0.15) is 10.1 Å². The van der Waals surface area contributed by atoms with Crippen molar-refractivity contribution in [3.05, 3.63) is 42.2 Å². The molecular formula is C19H23N5O2. The molecule has 26 heavy (non-hydrogen) atoms. The maximum absolute atomic E-state index is 12.7. The molecule has 0 atom stereocenters. The van der Waals surface area contributed by atoms with E-state index in [4.69, 9.17) is 4.42 Å². The molecule has 0 unspecified atom stereocenters. The van der Waals surface area contributed by atoms with Gasteiger partial charge in [-0.3, -0.25) is 9.48 Å². The summed E-state index contributed by atoms with van der Waals surface area (Å²) in [7, 11) is 3.75. The average Bonchev–Trinajstić information content (AvgIpc) is 3.27. The Morgan fingerprint density at radius 3 is 2.77 bits per heavy atom. The fourth-order valence-electron chi connectivity index (χ4n) is 3.53. The summed E-state index contributed by atoms with van der Waals surface area (Å²) >= 11 is 0. The number of fused-ring (bicyclic) bond motifs is 1. The highest BCUT2D eigenvalue weighted by atomic mass is 16.4. The van der Waals surface area contributed by atoms with E-state index in [2.05, 4.69) is 15.0 Å². The number of hydrogen-bond acceptors (Lipinski definition) is 5. The largest absolute Gasteiger partial charge is 0.423 e. The molecule has 1 amide bonds. The molecule has 1 fully saturated rings. The van der Waals surface area contributed by atoms with Gasteiger partial charge < -0.3 is 14.2 Å². The van der Waals surface area contributed by atoms with E-state index in [1.54, 1.807) is 15.8 Å². The Labute approximate surface area is 152 Å². The maximum Gasteiger partial charge on any atom is 0.298 e.